The van der Waals surface area contributed by atoms with Gasteiger partial charge in [-0.2, -0.15) is 0 Å². The maximum atomic E-state index is 5.94. The summed E-state index contributed by atoms with van der Waals surface area (Å²) in [6.07, 6.45) is 0. The van der Waals surface area contributed by atoms with Crippen LogP contribution in [0.15, 0.2) is 28.7 Å². The highest BCUT2D eigenvalue weighted by Gasteiger charge is 2.13. The van der Waals surface area contributed by atoms with E-state index in [1.54, 1.807) is 6.07 Å². The van der Waals surface area contributed by atoms with E-state index >= 15 is 0 Å². The van der Waals surface area contributed by atoms with Gasteiger partial charge >= 0.3 is 0 Å². The zero-order valence-electron chi connectivity index (χ0n) is 11.0. The molecule has 0 spiro atoms. The SMILES string of the molecule is Cc1cc(C)c(C(N)=S)c(Nc2ccc(Cl)cc2Br)n1. The van der Waals surface area contributed by atoms with Gasteiger partial charge in [-0.05, 0) is 59.6 Å². The molecule has 0 saturated carbocycles. The van der Waals surface area contributed by atoms with Gasteiger partial charge < -0.3 is 11.1 Å². The minimum atomic E-state index is 0.322. The van der Waals surface area contributed by atoms with Crippen molar-refractivity contribution in [2.45, 2.75) is 13.8 Å². The number of aromatic nitrogens is 1. The largest absolute Gasteiger partial charge is 0.389 e. The van der Waals surface area contributed by atoms with E-state index in [9.17, 15) is 0 Å². The van der Waals surface area contributed by atoms with Crippen LogP contribution >= 0.6 is 39.7 Å². The van der Waals surface area contributed by atoms with Crippen molar-refractivity contribution in [3.63, 3.8) is 0 Å². The molecule has 0 fully saturated rings. The minimum absolute atomic E-state index is 0.322. The quantitative estimate of drug-likeness (QED) is 0.781. The van der Waals surface area contributed by atoms with Gasteiger partial charge in [-0.1, -0.05) is 23.8 Å². The van der Waals surface area contributed by atoms with Crippen molar-refractivity contribution in [3.05, 3.63) is 50.6 Å². The smallest absolute Gasteiger partial charge is 0.141 e. The summed E-state index contributed by atoms with van der Waals surface area (Å²) in [6.45, 7) is 3.89. The lowest BCUT2D eigenvalue weighted by Gasteiger charge is -2.15. The van der Waals surface area contributed by atoms with Crippen LogP contribution in [-0.2, 0) is 0 Å². The Kier molecular flexibility index (Phi) is 4.62. The van der Waals surface area contributed by atoms with E-state index in [4.69, 9.17) is 29.6 Å². The summed E-state index contributed by atoms with van der Waals surface area (Å²) in [5, 5.41) is 3.90. The number of hydrogen-bond donors (Lipinski definition) is 2. The molecule has 0 saturated heterocycles. The van der Waals surface area contributed by atoms with E-state index in [1.165, 1.54) is 0 Å². The summed E-state index contributed by atoms with van der Waals surface area (Å²) < 4.78 is 0.847. The van der Waals surface area contributed by atoms with Gasteiger partial charge in [0.05, 0.1) is 11.3 Å². The molecule has 0 aliphatic carbocycles. The van der Waals surface area contributed by atoms with E-state index in [0.29, 0.717) is 15.8 Å². The fourth-order valence-corrected chi connectivity index (χ4v) is 3.00. The molecule has 1 heterocycles. The summed E-state index contributed by atoms with van der Waals surface area (Å²) in [4.78, 5) is 4.80. The number of nitrogens with two attached hydrogens (primary N) is 1. The summed E-state index contributed by atoms with van der Waals surface area (Å²) in [6, 6.07) is 7.44. The van der Waals surface area contributed by atoms with E-state index < -0.39 is 0 Å². The number of nitrogens with zero attached hydrogens (tertiary/aromatic N) is 1. The van der Waals surface area contributed by atoms with E-state index in [0.717, 1.165) is 27.0 Å². The number of halogens is 2. The van der Waals surface area contributed by atoms with Gasteiger partial charge in [-0.3, -0.25) is 0 Å². The average Bonchev–Trinajstić information content (AvgIpc) is 2.31. The van der Waals surface area contributed by atoms with Gasteiger partial charge in [-0.25, -0.2) is 4.98 Å². The van der Waals surface area contributed by atoms with E-state index in [1.807, 2.05) is 32.0 Å². The van der Waals surface area contributed by atoms with Crippen molar-refractivity contribution in [2.24, 2.45) is 5.73 Å². The van der Waals surface area contributed by atoms with Gasteiger partial charge in [-0.15, -0.1) is 0 Å². The third-order valence-corrected chi connectivity index (χ3v) is 3.87. The lowest BCUT2D eigenvalue weighted by molar-refractivity contribution is 1.17. The molecule has 1 aromatic heterocycles. The second-order valence-corrected chi connectivity index (χ2v) is 6.15. The lowest BCUT2D eigenvalue weighted by Crippen LogP contribution is -2.15. The van der Waals surface area contributed by atoms with Crippen LogP contribution in [0.3, 0.4) is 0 Å². The molecule has 0 aliphatic heterocycles. The fourth-order valence-electron chi connectivity index (χ4n) is 1.96. The number of nitrogens with one attached hydrogen (secondary N) is 1. The number of hydrogen-bond acceptors (Lipinski definition) is 3. The Morgan fingerprint density at radius 2 is 2.05 bits per heavy atom. The minimum Gasteiger partial charge on any atom is -0.389 e. The number of pyridine rings is 1. The Hall–Kier alpha value is -1.17. The molecule has 0 atom stereocenters. The molecular weight excluding hydrogens is 358 g/mol. The average molecular weight is 371 g/mol. The van der Waals surface area contributed by atoms with Gasteiger partial charge in [0.25, 0.3) is 0 Å². The molecule has 104 valence electrons. The Morgan fingerprint density at radius 3 is 2.65 bits per heavy atom. The first-order valence-corrected chi connectivity index (χ1v) is 7.46. The third kappa shape index (κ3) is 3.29. The van der Waals surface area contributed by atoms with Crippen molar-refractivity contribution < 1.29 is 0 Å². The molecule has 3 nitrogen and oxygen atoms in total. The summed E-state index contributed by atoms with van der Waals surface area (Å²) in [7, 11) is 0. The zero-order chi connectivity index (χ0) is 14.9. The predicted molar refractivity (Wildman–Crippen MR) is 92.0 cm³/mol. The molecule has 1 aromatic carbocycles. The summed E-state index contributed by atoms with van der Waals surface area (Å²) in [5.41, 5.74) is 9.30. The highest BCUT2D eigenvalue weighted by atomic mass is 79.9. The van der Waals surface area contributed by atoms with Crippen LogP contribution in [-0.4, -0.2) is 9.97 Å². The van der Waals surface area contributed by atoms with E-state index in [-0.39, 0.29) is 0 Å². The van der Waals surface area contributed by atoms with Crippen molar-refractivity contribution in [1.29, 1.82) is 0 Å². The molecule has 3 N–H and O–H groups in total. The number of thiocarbonyl (C=S) groups is 1. The highest BCUT2D eigenvalue weighted by Crippen LogP contribution is 2.30. The topological polar surface area (TPSA) is 50.9 Å². The van der Waals surface area contributed by atoms with Crippen molar-refractivity contribution >= 4 is 56.2 Å². The second kappa shape index (κ2) is 6.08. The van der Waals surface area contributed by atoms with Crippen LogP contribution in [0.1, 0.15) is 16.8 Å². The first kappa shape index (κ1) is 15.2. The van der Waals surface area contributed by atoms with Gasteiger partial charge in [0.1, 0.15) is 10.8 Å². The normalized spacial score (nSPS) is 10.4. The van der Waals surface area contributed by atoms with Gasteiger partial charge in [0.2, 0.25) is 0 Å². The summed E-state index contributed by atoms with van der Waals surface area (Å²) in [5.74, 6) is 0.651. The zero-order valence-corrected chi connectivity index (χ0v) is 14.2. The number of benzene rings is 1. The molecule has 6 heteroatoms. The first-order valence-electron chi connectivity index (χ1n) is 5.88. The van der Waals surface area contributed by atoms with Crippen LogP contribution in [0.4, 0.5) is 11.5 Å². The number of rotatable bonds is 3. The Labute approximate surface area is 136 Å². The van der Waals surface area contributed by atoms with E-state index in [2.05, 4.69) is 26.2 Å². The monoisotopic (exact) mass is 369 g/mol. The van der Waals surface area contributed by atoms with Crippen molar-refractivity contribution in [3.8, 4) is 0 Å². The van der Waals surface area contributed by atoms with Gasteiger partial charge in [0, 0.05) is 15.2 Å². The highest BCUT2D eigenvalue weighted by molar-refractivity contribution is 9.10. The van der Waals surface area contributed by atoms with Crippen molar-refractivity contribution in [1.82, 2.24) is 4.98 Å². The Bertz CT molecular complexity index is 688. The second-order valence-electron chi connectivity index (χ2n) is 4.42. The molecule has 0 bridgehead atoms. The number of anilines is 2. The molecular formula is C14H13BrClN3S. The van der Waals surface area contributed by atoms with Crippen LogP contribution in [0.5, 0.6) is 0 Å². The van der Waals surface area contributed by atoms with Crippen molar-refractivity contribution in [2.75, 3.05) is 5.32 Å². The van der Waals surface area contributed by atoms with Crippen LogP contribution in [0.2, 0.25) is 5.02 Å². The molecule has 0 amide bonds. The molecule has 2 rings (SSSR count). The Balaban J connectivity index is 2.50. The number of aryl methyl sites for hydroxylation is 2. The molecule has 0 radical (unpaired) electrons. The van der Waals surface area contributed by atoms with Crippen LogP contribution < -0.4 is 11.1 Å². The maximum absolute atomic E-state index is 5.94. The van der Waals surface area contributed by atoms with Gasteiger partial charge in [0.15, 0.2) is 0 Å². The Morgan fingerprint density at radius 1 is 1.35 bits per heavy atom. The van der Waals surface area contributed by atoms with Crippen LogP contribution in [0, 0.1) is 13.8 Å². The maximum Gasteiger partial charge on any atom is 0.141 e. The lowest BCUT2D eigenvalue weighted by atomic mass is 10.1. The molecule has 20 heavy (non-hydrogen) atoms. The standard InChI is InChI=1S/C14H13BrClN3S/c1-7-5-8(2)18-14(12(7)13(17)20)19-11-4-3-9(16)6-10(11)15/h3-6H,1-2H3,(H2,17,20)(H,18,19). The van der Waals surface area contributed by atoms with Crippen LogP contribution in [0.25, 0.3) is 0 Å². The first-order chi connectivity index (χ1) is 9.38. The summed E-state index contributed by atoms with van der Waals surface area (Å²) >= 11 is 14.5. The molecule has 0 aliphatic rings. The molecule has 2 aromatic rings. The fraction of sp³-hybridized carbons (Fsp3) is 0.143. The third-order valence-electron chi connectivity index (χ3n) is 2.78. The predicted octanol–water partition coefficient (Wildman–Crippen LogP) is 4.49. The molecule has 0 unspecified atom stereocenters.